The molecule has 2 aromatic rings. The van der Waals surface area contributed by atoms with Crippen LogP contribution in [0.3, 0.4) is 0 Å². The maximum Gasteiger partial charge on any atom is 0.128 e. The van der Waals surface area contributed by atoms with Crippen molar-refractivity contribution in [1.29, 1.82) is 0 Å². The molecule has 3 rings (SSSR count). The van der Waals surface area contributed by atoms with Gasteiger partial charge in [-0.2, -0.15) is 0 Å². The fourth-order valence-corrected chi connectivity index (χ4v) is 2.00. The largest absolute Gasteiger partial charge is 0.315 e. The number of hydrogen-bond acceptors (Lipinski definition) is 2. The monoisotopic (exact) mass is 235 g/mol. The highest BCUT2D eigenvalue weighted by Gasteiger charge is 2.23. The van der Waals surface area contributed by atoms with Gasteiger partial charge < -0.3 is 9.88 Å². The molecule has 17 heavy (non-hydrogen) atoms. The second-order valence-electron chi connectivity index (χ2n) is 4.17. The van der Waals surface area contributed by atoms with E-state index in [-0.39, 0.29) is 0 Å². The molecule has 0 bridgehead atoms. The molecule has 1 fully saturated rings. The van der Waals surface area contributed by atoms with E-state index < -0.39 is 11.6 Å². The molecule has 1 N–H and O–H groups in total. The molecule has 3 nitrogen and oxygen atoms in total. The predicted octanol–water partition coefficient (Wildman–Crippen LogP) is 1.84. The second kappa shape index (κ2) is 3.92. The Morgan fingerprint density at radius 3 is 2.47 bits per heavy atom. The number of hydrogen-bond donors (Lipinski definition) is 1. The molecule has 2 heterocycles. The summed E-state index contributed by atoms with van der Waals surface area (Å²) in [5, 5.41) is 3.16. The third-order valence-electron chi connectivity index (χ3n) is 2.99. The average molecular weight is 235 g/mol. The van der Waals surface area contributed by atoms with Gasteiger partial charge in [0.15, 0.2) is 0 Å². The van der Waals surface area contributed by atoms with Crippen LogP contribution >= 0.6 is 0 Å². The lowest BCUT2D eigenvalue weighted by Crippen LogP contribution is -2.40. The molecule has 0 spiro atoms. The fourth-order valence-electron chi connectivity index (χ4n) is 2.00. The van der Waals surface area contributed by atoms with Crippen LogP contribution in [0.25, 0.3) is 5.69 Å². The van der Waals surface area contributed by atoms with E-state index >= 15 is 0 Å². The van der Waals surface area contributed by atoms with Crippen LogP contribution in [0.15, 0.2) is 30.7 Å². The highest BCUT2D eigenvalue weighted by Crippen LogP contribution is 2.23. The molecule has 1 aliphatic rings. The van der Waals surface area contributed by atoms with Crippen molar-refractivity contribution in [3.05, 3.63) is 48.1 Å². The summed E-state index contributed by atoms with van der Waals surface area (Å²) in [6, 6.07) is 3.48. The van der Waals surface area contributed by atoms with E-state index in [4.69, 9.17) is 0 Å². The van der Waals surface area contributed by atoms with E-state index in [0.29, 0.717) is 11.6 Å². The Hall–Kier alpha value is -1.75. The SMILES string of the molecule is Fc1cc(F)cc(-n2cncc2C2CNC2)c1. The van der Waals surface area contributed by atoms with E-state index in [1.165, 1.54) is 12.1 Å². The summed E-state index contributed by atoms with van der Waals surface area (Å²) in [6.45, 7) is 1.76. The number of rotatable bonds is 2. The first-order chi connectivity index (χ1) is 8.24. The molecule has 1 aromatic carbocycles. The van der Waals surface area contributed by atoms with Crippen molar-refractivity contribution >= 4 is 0 Å². The van der Waals surface area contributed by atoms with Crippen molar-refractivity contribution in [2.45, 2.75) is 5.92 Å². The molecular weight excluding hydrogens is 224 g/mol. The van der Waals surface area contributed by atoms with Crippen LogP contribution in [0.4, 0.5) is 8.78 Å². The first-order valence-electron chi connectivity index (χ1n) is 5.43. The molecule has 1 aliphatic heterocycles. The number of imidazole rings is 1. The molecule has 0 atom stereocenters. The van der Waals surface area contributed by atoms with Gasteiger partial charge in [0.1, 0.15) is 11.6 Å². The molecular formula is C12H11F2N3. The number of benzene rings is 1. The van der Waals surface area contributed by atoms with Crippen molar-refractivity contribution in [2.24, 2.45) is 0 Å². The standard InChI is InChI=1S/C12H11F2N3/c13-9-1-10(14)3-11(2-9)17-7-16-6-12(17)8-4-15-5-8/h1-3,6-8,15H,4-5H2. The van der Waals surface area contributed by atoms with Gasteiger partial charge in [0, 0.05) is 37.0 Å². The normalized spacial score (nSPS) is 15.9. The van der Waals surface area contributed by atoms with E-state index in [2.05, 4.69) is 10.3 Å². The minimum absolute atomic E-state index is 0.365. The van der Waals surface area contributed by atoms with Crippen molar-refractivity contribution in [3.8, 4) is 5.69 Å². The third-order valence-corrected chi connectivity index (χ3v) is 2.99. The van der Waals surface area contributed by atoms with Gasteiger partial charge in [-0.15, -0.1) is 0 Å². The number of nitrogens with zero attached hydrogens (tertiary/aromatic N) is 2. The second-order valence-corrected chi connectivity index (χ2v) is 4.17. The van der Waals surface area contributed by atoms with E-state index in [9.17, 15) is 8.78 Å². The van der Waals surface area contributed by atoms with Gasteiger partial charge in [0.2, 0.25) is 0 Å². The van der Waals surface area contributed by atoms with Crippen molar-refractivity contribution < 1.29 is 8.78 Å². The number of halogens is 2. The summed E-state index contributed by atoms with van der Waals surface area (Å²) < 4.78 is 28.1. The van der Waals surface area contributed by atoms with Gasteiger partial charge in [0.25, 0.3) is 0 Å². The summed E-state index contributed by atoms with van der Waals surface area (Å²) in [4.78, 5) is 4.05. The highest BCUT2D eigenvalue weighted by molar-refractivity contribution is 5.36. The van der Waals surface area contributed by atoms with Crippen LogP contribution in [0.1, 0.15) is 11.6 Å². The third kappa shape index (κ3) is 1.82. The smallest absolute Gasteiger partial charge is 0.128 e. The van der Waals surface area contributed by atoms with Gasteiger partial charge in [-0.25, -0.2) is 13.8 Å². The van der Waals surface area contributed by atoms with Gasteiger partial charge in [0.05, 0.1) is 12.0 Å². The van der Waals surface area contributed by atoms with Crippen molar-refractivity contribution in [2.75, 3.05) is 13.1 Å². The van der Waals surface area contributed by atoms with Crippen molar-refractivity contribution in [3.63, 3.8) is 0 Å². The Balaban J connectivity index is 2.05. The number of nitrogens with one attached hydrogen (secondary N) is 1. The zero-order valence-corrected chi connectivity index (χ0v) is 9.03. The molecule has 0 unspecified atom stereocenters. The quantitative estimate of drug-likeness (QED) is 0.860. The van der Waals surface area contributed by atoms with E-state index in [0.717, 1.165) is 24.8 Å². The molecule has 0 radical (unpaired) electrons. The van der Waals surface area contributed by atoms with Crippen LogP contribution in [0.5, 0.6) is 0 Å². The maximum atomic E-state index is 13.2. The molecule has 0 saturated carbocycles. The Labute approximate surface area is 97.1 Å². The zero-order valence-electron chi connectivity index (χ0n) is 9.03. The molecule has 0 aliphatic carbocycles. The number of aromatic nitrogens is 2. The summed E-state index contributed by atoms with van der Waals surface area (Å²) >= 11 is 0. The fraction of sp³-hybridized carbons (Fsp3) is 0.250. The van der Waals surface area contributed by atoms with Crippen LogP contribution < -0.4 is 5.32 Å². The van der Waals surface area contributed by atoms with E-state index in [1.54, 1.807) is 17.1 Å². The first-order valence-corrected chi connectivity index (χ1v) is 5.43. The molecule has 88 valence electrons. The van der Waals surface area contributed by atoms with Gasteiger partial charge in [-0.3, -0.25) is 0 Å². The van der Waals surface area contributed by atoms with Crippen LogP contribution in [-0.2, 0) is 0 Å². The lowest BCUT2D eigenvalue weighted by Gasteiger charge is -2.27. The van der Waals surface area contributed by atoms with Crippen LogP contribution in [0, 0.1) is 11.6 Å². The first kappa shape index (κ1) is 10.4. The van der Waals surface area contributed by atoms with Crippen LogP contribution in [-0.4, -0.2) is 22.6 Å². The molecule has 0 amide bonds. The summed E-state index contributed by atoms with van der Waals surface area (Å²) in [5.41, 5.74) is 1.45. The Morgan fingerprint density at radius 1 is 1.18 bits per heavy atom. The summed E-state index contributed by atoms with van der Waals surface area (Å²) in [7, 11) is 0. The van der Waals surface area contributed by atoms with Crippen molar-refractivity contribution in [1.82, 2.24) is 14.9 Å². The predicted molar refractivity (Wildman–Crippen MR) is 59.1 cm³/mol. The Kier molecular flexibility index (Phi) is 2.40. The molecule has 1 saturated heterocycles. The summed E-state index contributed by atoms with van der Waals surface area (Å²) in [5.74, 6) is -0.790. The topological polar surface area (TPSA) is 29.9 Å². The zero-order chi connectivity index (χ0) is 11.8. The van der Waals surface area contributed by atoms with Gasteiger partial charge >= 0.3 is 0 Å². The van der Waals surface area contributed by atoms with Crippen LogP contribution in [0.2, 0.25) is 0 Å². The van der Waals surface area contributed by atoms with Gasteiger partial charge in [-0.05, 0) is 12.1 Å². The lowest BCUT2D eigenvalue weighted by atomic mass is 10.00. The Bertz CT molecular complexity index is 526. The highest BCUT2D eigenvalue weighted by atomic mass is 19.1. The molecule has 5 heteroatoms. The maximum absolute atomic E-state index is 13.2. The Morgan fingerprint density at radius 2 is 1.88 bits per heavy atom. The summed E-state index contributed by atoms with van der Waals surface area (Å²) in [6.07, 6.45) is 3.33. The minimum Gasteiger partial charge on any atom is -0.315 e. The molecule has 1 aromatic heterocycles. The van der Waals surface area contributed by atoms with Gasteiger partial charge in [-0.1, -0.05) is 0 Å². The van der Waals surface area contributed by atoms with E-state index in [1.807, 2.05) is 0 Å². The average Bonchev–Trinajstić information content (AvgIpc) is 2.62. The minimum atomic E-state index is -0.577. The lowest BCUT2D eigenvalue weighted by molar-refractivity contribution is 0.435.